The van der Waals surface area contributed by atoms with E-state index in [0.29, 0.717) is 5.56 Å². The molecule has 1 heterocycles. The summed E-state index contributed by atoms with van der Waals surface area (Å²) in [4.78, 5) is 17.1. The molecule has 0 aliphatic carbocycles. The van der Waals surface area contributed by atoms with Gasteiger partial charge in [0.25, 0.3) is 0 Å². The maximum Gasteiger partial charge on any atom is 0.357 e. The van der Waals surface area contributed by atoms with Gasteiger partial charge in [0.05, 0.1) is 5.56 Å². The van der Waals surface area contributed by atoms with Crippen molar-refractivity contribution in [2.24, 2.45) is 0 Å². The van der Waals surface area contributed by atoms with Crippen LogP contribution >= 0.6 is 0 Å². The highest BCUT2D eigenvalue weighted by molar-refractivity contribution is 5.89. The molecule has 0 radical (unpaired) electrons. The first-order valence-corrected chi connectivity index (χ1v) is 6.25. The van der Waals surface area contributed by atoms with Gasteiger partial charge in [0, 0.05) is 19.6 Å². The van der Waals surface area contributed by atoms with E-state index in [1.165, 1.54) is 0 Å². The highest BCUT2D eigenvalue weighted by Gasteiger charge is 2.17. The van der Waals surface area contributed by atoms with E-state index in [1.807, 2.05) is 19.2 Å². The first-order valence-electron chi connectivity index (χ1n) is 6.25. The van der Waals surface area contributed by atoms with Crippen molar-refractivity contribution in [2.75, 3.05) is 20.1 Å². The van der Waals surface area contributed by atoms with Gasteiger partial charge in [0.2, 0.25) is 0 Å². The fourth-order valence-electron chi connectivity index (χ4n) is 1.90. The number of hydroxylamine groups is 2. The second-order valence-electron chi connectivity index (χ2n) is 4.32. The van der Waals surface area contributed by atoms with Crippen molar-refractivity contribution >= 4 is 5.97 Å². The van der Waals surface area contributed by atoms with Gasteiger partial charge in [0.1, 0.15) is 0 Å². The summed E-state index contributed by atoms with van der Waals surface area (Å²) in [6.45, 7) is 2.41. The van der Waals surface area contributed by atoms with Crippen LogP contribution in [0.5, 0.6) is 0 Å². The number of carbonyl (C=O) groups excluding carboxylic acids is 1. The van der Waals surface area contributed by atoms with Crippen LogP contribution in [-0.4, -0.2) is 31.2 Å². The molecule has 2 N–H and O–H groups in total. The molecule has 1 aromatic carbocycles. The molecule has 1 fully saturated rings. The quantitative estimate of drug-likeness (QED) is 0.765. The van der Waals surface area contributed by atoms with Gasteiger partial charge in [-0.1, -0.05) is 12.1 Å². The Bertz CT molecular complexity index is 386. The molecule has 5 heteroatoms. The molecule has 18 heavy (non-hydrogen) atoms. The van der Waals surface area contributed by atoms with E-state index in [9.17, 15) is 4.79 Å². The zero-order valence-electron chi connectivity index (χ0n) is 10.6. The first kappa shape index (κ1) is 13.0. The summed E-state index contributed by atoms with van der Waals surface area (Å²) < 4.78 is 0. The summed E-state index contributed by atoms with van der Waals surface area (Å²) in [5.74, 6) is -0.273. The molecule has 0 atom stereocenters. The molecule has 0 aromatic heterocycles. The molecule has 0 bridgehead atoms. The topological polar surface area (TPSA) is 53.6 Å². The Hall–Kier alpha value is -1.43. The molecule has 0 unspecified atom stereocenters. The Morgan fingerprint density at radius 2 is 1.94 bits per heavy atom. The molecule has 0 amide bonds. The van der Waals surface area contributed by atoms with Crippen LogP contribution < -0.4 is 10.9 Å². The standard InChI is InChI=1S/C13H19N3O2/c1-14-15-10-11-4-6-12(7-5-11)13(17)18-16-8-2-3-9-16/h4-7,14-15H,2-3,8-10H2,1H3. The lowest BCUT2D eigenvalue weighted by Gasteiger charge is -2.14. The van der Waals surface area contributed by atoms with Crippen LogP contribution in [0.3, 0.4) is 0 Å². The largest absolute Gasteiger partial charge is 0.364 e. The van der Waals surface area contributed by atoms with Crippen LogP contribution in [0.2, 0.25) is 0 Å². The van der Waals surface area contributed by atoms with Gasteiger partial charge in [0.15, 0.2) is 0 Å². The smallest absolute Gasteiger partial charge is 0.357 e. The summed E-state index contributed by atoms with van der Waals surface area (Å²) in [6, 6.07) is 7.44. The lowest BCUT2D eigenvalue weighted by molar-refractivity contribution is -0.0927. The zero-order chi connectivity index (χ0) is 12.8. The van der Waals surface area contributed by atoms with E-state index in [4.69, 9.17) is 4.84 Å². The fourth-order valence-corrected chi connectivity index (χ4v) is 1.90. The number of nitrogens with zero attached hydrogens (tertiary/aromatic N) is 1. The number of hydrazine groups is 1. The van der Waals surface area contributed by atoms with Crippen molar-refractivity contribution in [2.45, 2.75) is 19.4 Å². The normalized spacial score (nSPS) is 15.8. The van der Waals surface area contributed by atoms with Crippen molar-refractivity contribution < 1.29 is 9.63 Å². The van der Waals surface area contributed by atoms with E-state index in [1.54, 1.807) is 17.2 Å². The van der Waals surface area contributed by atoms with Crippen molar-refractivity contribution in [3.05, 3.63) is 35.4 Å². The molecule has 1 aromatic rings. The predicted molar refractivity (Wildman–Crippen MR) is 68.6 cm³/mol. The summed E-state index contributed by atoms with van der Waals surface area (Å²) >= 11 is 0. The van der Waals surface area contributed by atoms with Gasteiger partial charge in [-0.2, -0.15) is 0 Å². The van der Waals surface area contributed by atoms with Crippen LogP contribution in [-0.2, 0) is 11.4 Å². The lowest BCUT2D eigenvalue weighted by atomic mass is 10.1. The average Bonchev–Trinajstić information content (AvgIpc) is 2.89. The second kappa shape index (κ2) is 6.49. The van der Waals surface area contributed by atoms with E-state index >= 15 is 0 Å². The Morgan fingerprint density at radius 1 is 1.28 bits per heavy atom. The maximum atomic E-state index is 11.8. The summed E-state index contributed by atoms with van der Waals surface area (Å²) in [5, 5.41) is 1.73. The third-order valence-electron chi connectivity index (χ3n) is 2.94. The average molecular weight is 249 g/mol. The molecule has 0 saturated carbocycles. The Balaban J connectivity index is 1.89. The van der Waals surface area contributed by atoms with Crippen LogP contribution in [0.25, 0.3) is 0 Å². The van der Waals surface area contributed by atoms with Gasteiger partial charge < -0.3 is 4.84 Å². The summed E-state index contributed by atoms with van der Waals surface area (Å²) in [6.07, 6.45) is 2.20. The van der Waals surface area contributed by atoms with E-state index in [0.717, 1.165) is 38.0 Å². The summed E-state index contributed by atoms with van der Waals surface area (Å²) in [5.41, 5.74) is 7.56. The maximum absolute atomic E-state index is 11.8. The molecule has 1 aliphatic rings. The SMILES string of the molecule is CNNCc1ccc(C(=O)ON2CCCC2)cc1. The minimum absolute atomic E-state index is 0.273. The molecule has 0 spiro atoms. The molecular formula is C13H19N3O2. The Morgan fingerprint density at radius 3 is 2.56 bits per heavy atom. The second-order valence-corrected chi connectivity index (χ2v) is 4.32. The van der Waals surface area contributed by atoms with Crippen LogP contribution in [0.1, 0.15) is 28.8 Å². The minimum atomic E-state index is -0.273. The van der Waals surface area contributed by atoms with Gasteiger partial charge in [-0.15, -0.1) is 5.06 Å². The van der Waals surface area contributed by atoms with Gasteiger partial charge in [-0.25, -0.2) is 4.79 Å². The molecule has 2 rings (SSSR count). The summed E-state index contributed by atoms with van der Waals surface area (Å²) in [7, 11) is 1.82. The Kier molecular flexibility index (Phi) is 4.69. The highest BCUT2D eigenvalue weighted by atomic mass is 16.7. The van der Waals surface area contributed by atoms with Gasteiger partial charge in [-0.3, -0.25) is 10.9 Å². The number of hydrogen-bond acceptors (Lipinski definition) is 5. The Labute approximate surface area is 107 Å². The predicted octanol–water partition coefficient (Wildman–Crippen LogP) is 1.08. The first-order chi connectivity index (χ1) is 8.79. The van der Waals surface area contributed by atoms with Crippen LogP contribution in [0, 0.1) is 0 Å². The van der Waals surface area contributed by atoms with Crippen molar-refractivity contribution in [1.29, 1.82) is 0 Å². The number of carbonyl (C=O) groups is 1. The van der Waals surface area contributed by atoms with Crippen molar-refractivity contribution in [1.82, 2.24) is 15.9 Å². The molecule has 5 nitrogen and oxygen atoms in total. The van der Waals surface area contributed by atoms with Crippen molar-refractivity contribution in [3.8, 4) is 0 Å². The number of hydrogen-bond donors (Lipinski definition) is 2. The molecular weight excluding hydrogens is 230 g/mol. The third-order valence-corrected chi connectivity index (χ3v) is 2.94. The van der Waals surface area contributed by atoms with E-state index < -0.39 is 0 Å². The highest BCUT2D eigenvalue weighted by Crippen LogP contribution is 2.11. The number of benzene rings is 1. The molecule has 1 aliphatic heterocycles. The van der Waals surface area contributed by atoms with E-state index in [2.05, 4.69) is 10.9 Å². The molecule has 1 saturated heterocycles. The fraction of sp³-hybridized carbons (Fsp3) is 0.462. The van der Waals surface area contributed by atoms with Crippen LogP contribution in [0.4, 0.5) is 0 Å². The third kappa shape index (κ3) is 3.53. The monoisotopic (exact) mass is 249 g/mol. The number of rotatable bonds is 5. The minimum Gasteiger partial charge on any atom is -0.364 e. The molecule has 98 valence electrons. The zero-order valence-corrected chi connectivity index (χ0v) is 10.6. The van der Waals surface area contributed by atoms with Crippen molar-refractivity contribution in [3.63, 3.8) is 0 Å². The van der Waals surface area contributed by atoms with Gasteiger partial charge >= 0.3 is 5.97 Å². The van der Waals surface area contributed by atoms with Crippen LogP contribution in [0.15, 0.2) is 24.3 Å². The number of nitrogens with one attached hydrogen (secondary N) is 2. The van der Waals surface area contributed by atoms with E-state index in [-0.39, 0.29) is 5.97 Å². The lowest BCUT2D eigenvalue weighted by Crippen LogP contribution is -2.26. The van der Waals surface area contributed by atoms with Gasteiger partial charge in [-0.05, 0) is 37.6 Å².